The molecule has 2 saturated heterocycles. The minimum absolute atomic E-state index is 0.440. The SMILES string of the molecule is CC1CCN1c1cccc(-n2cc(CC3CCOCC3)c3cc(C(F)(F)F)ccc32)c1. The van der Waals surface area contributed by atoms with E-state index in [1.165, 1.54) is 18.6 Å². The normalized spacial score (nSPS) is 20.3. The van der Waals surface area contributed by atoms with E-state index in [1.54, 1.807) is 6.07 Å². The summed E-state index contributed by atoms with van der Waals surface area (Å²) < 4.78 is 47.8. The molecule has 3 heterocycles. The lowest BCUT2D eigenvalue weighted by atomic mass is 9.92. The zero-order valence-electron chi connectivity index (χ0n) is 17.7. The lowest BCUT2D eigenvalue weighted by Gasteiger charge is -2.41. The van der Waals surface area contributed by atoms with Crippen molar-refractivity contribution in [3.05, 3.63) is 59.8 Å². The summed E-state index contributed by atoms with van der Waals surface area (Å²) in [5, 5.41) is 0.698. The van der Waals surface area contributed by atoms with Crippen molar-refractivity contribution in [1.82, 2.24) is 4.57 Å². The molecule has 31 heavy (non-hydrogen) atoms. The largest absolute Gasteiger partial charge is 0.416 e. The quantitative estimate of drug-likeness (QED) is 0.491. The first-order valence-corrected chi connectivity index (χ1v) is 11.1. The number of aromatic nitrogens is 1. The molecule has 1 aromatic heterocycles. The average Bonchev–Trinajstić information content (AvgIpc) is 3.11. The number of nitrogens with zero attached hydrogens (tertiary/aromatic N) is 2. The number of rotatable bonds is 4. The molecule has 2 fully saturated rings. The first-order chi connectivity index (χ1) is 14.9. The van der Waals surface area contributed by atoms with Crippen LogP contribution in [0.5, 0.6) is 0 Å². The maximum atomic E-state index is 13.4. The highest BCUT2D eigenvalue weighted by Gasteiger charge is 2.31. The van der Waals surface area contributed by atoms with Gasteiger partial charge in [0, 0.05) is 48.8 Å². The second-order valence-electron chi connectivity index (χ2n) is 8.86. The fourth-order valence-electron chi connectivity index (χ4n) is 4.83. The fourth-order valence-corrected chi connectivity index (χ4v) is 4.83. The van der Waals surface area contributed by atoms with Crippen molar-refractivity contribution in [2.24, 2.45) is 5.92 Å². The van der Waals surface area contributed by atoms with Crippen molar-refractivity contribution in [3.63, 3.8) is 0 Å². The Morgan fingerprint density at radius 1 is 1.00 bits per heavy atom. The zero-order chi connectivity index (χ0) is 21.6. The van der Waals surface area contributed by atoms with E-state index < -0.39 is 11.7 Å². The number of hydrogen-bond acceptors (Lipinski definition) is 2. The molecule has 5 rings (SSSR count). The summed E-state index contributed by atoms with van der Waals surface area (Å²) in [5.41, 5.74) is 3.37. The summed E-state index contributed by atoms with van der Waals surface area (Å²) in [4.78, 5) is 2.36. The van der Waals surface area contributed by atoms with Crippen LogP contribution in [0.15, 0.2) is 48.7 Å². The molecule has 0 bridgehead atoms. The van der Waals surface area contributed by atoms with Gasteiger partial charge < -0.3 is 14.2 Å². The number of hydrogen-bond donors (Lipinski definition) is 0. The summed E-state index contributed by atoms with van der Waals surface area (Å²) in [6, 6.07) is 13.0. The maximum Gasteiger partial charge on any atom is 0.416 e. The van der Waals surface area contributed by atoms with Crippen LogP contribution in [0, 0.1) is 5.92 Å². The molecule has 0 amide bonds. The lowest BCUT2D eigenvalue weighted by molar-refractivity contribution is -0.137. The Bertz CT molecular complexity index is 1080. The highest BCUT2D eigenvalue weighted by atomic mass is 19.4. The van der Waals surface area contributed by atoms with E-state index in [4.69, 9.17) is 4.74 Å². The van der Waals surface area contributed by atoms with Gasteiger partial charge in [0.2, 0.25) is 0 Å². The van der Waals surface area contributed by atoms with E-state index in [-0.39, 0.29) is 0 Å². The highest BCUT2D eigenvalue weighted by molar-refractivity contribution is 5.86. The summed E-state index contributed by atoms with van der Waals surface area (Å²) in [6.07, 6.45) is 1.56. The van der Waals surface area contributed by atoms with Gasteiger partial charge in [0.05, 0.1) is 11.1 Å². The Balaban J connectivity index is 1.58. The van der Waals surface area contributed by atoms with Gasteiger partial charge in [0.15, 0.2) is 0 Å². The molecule has 2 aromatic carbocycles. The molecule has 3 aromatic rings. The molecule has 0 aliphatic carbocycles. The first kappa shape index (κ1) is 20.4. The Labute approximate surface area is 180 Å². The zero-order valence-corrected chi connectivity index (χ0v) is 17.7. The average molecular weight is 428 g/mol. The molecule has 0 spiro atoms. The van der Waals surface area contributed by atoms with E-state index in [2.05, 4.69) is 28.5 Å². The van der Waals surface area contributed by atoms with Crippen molar-refractivity contribution in [2.75, 3.05) is 24.7 Å². The first-order valence-electron chi connectivity index (χ1n) is 11.1. The molecule has 1 unspecified atom stereocenters. The molecule has 3 nitrogen and oxygen atoms in total. The maximum absolute atomic E-state index is 13.4. The van der Waals surface area contributed by atoms with Gasteiger partial charge in [-0.1, -0.05) is 6.07 Å². The molecule has 0 N–H and O–H groups in total. The third kappa shape index (κ3) is 3.93. The molecule has 0 saturated carbocycles. The van der Waals surface area contributed by atoms with E-state index in [1.807, 2.05) is 18.3 Å². The van der Waals surface area contributed by atoms with Crippen molar-refractivity contribution in [3.8, 4) is 5.69 Å². The van der Waals surface area contributed by atoms with E-state index in [0.717, 1.165) is 61.5 Å². The number of fused-ring (bicyclic) bond motifs is 1. The van der Waals surface area contributed by atoms with Gasteiger partial charge in [-0.2, -0.15) is 13.2 Å². The number of anilines is 1. The van der Waals surface area contributed by atoms with E-state index in [0.29, 0.717) is 17.3 Å². The molecular weight excluding hydrogens is 401 g/mol. The summed E-state index contributed by atoms with van der Waals surface area (Å²) >= 11 is 0. The van der Waals surface area contributed by atoms with Crippen LogP contribution in [0.4, 0.5) is 18.9 Å². The number of alkyl halides is 3. The molecule has 2 aliphatic rings. The van der Waals surface area contributed by atoms with Gasteiger partial charge in [-0.25, -0.2) is 0 Å². The lowest BCUT2D eigenvalue weighted by Crippen LogP contribution is -2.45. The van der Waals surface area contributed by atoms with Gasteiger partial charge in [-0.15, -0.1) is 0 Å². The van der Waals surface area contributed by atoms with Gasteiger partial charge in [-0.05, 0) is 80.5 Å². The van der Waals surface area contributed by atoms with Crippen LogP contribution < -0.4 is 4.90 Å². The van der Waals surface area contributed by atoms with Crippen molar-refractivity contribution in [2.45, 2.75) is 44.8 Å². The van der Waals surface area contributed by atoms with Crippen LogP contribution in [0.3, 0.4) is 0 Å². The van der Waals surface area contributed by atoms with Crippen LogP contribution in [0.1, 0.15) is 37.3 Å². The standard InChI is InChI=1S/C25H27F3N2O/c1-17-7-10-29(17)21-3-2-4-22(15-21)30-16-19(13-18-8-11-31-12-9-18)23-14-20(25(26,27)28)5-6-24(23)30/h2-6,14-18H,7-13H2,1H3. The summed E-state index contributed by atoms with van der Waals surface area (Å²) in [6.45, 7) is 4.72. The van der Waals surface area contributed by atoms with Crippen LogP contribution in [-0.2, 0) is 17.3 Å². The van der Waals surface area contributed by atoms with Crippen LogP contribution >= 0.6 is 0 Å². The van der Waals surface area contributed by atoms with E-state index >= 15 is 0 Å². The van der Waals surface area contributed by atoms with Crippen molar-refractivity contribution in [1.29, 1.82) is 0 Å². The summed E-state index contributed by atoms with van der Waals surface area (Å²) in [5.74, 6) is 0.440. The van der Waals surface area contributed by atoms with Crippen LogP contribution in [0.2, 0.25) is 0 Å². The Morgan fingerprint density at radius 2 is 1.77 bits per heavy atom. The van der Waals surface area contributed by atoms with Gasteiger partial charge >= 0.3 is 6.18 Å². The molecule has 6 heteroatoms. The van der Waals surface area contributed by atoms with Crippen molar-refractivity contribution >= 4 is 16.6 Å². The molecule has 2 aliphatic heterocycles. The Kier molecular flexibility index (Phi) is 5.21. The molecule has 0 radical (unpaired) electrons. The fraction of sp³-hybridized carbons (Fsp3) is 0.440. The van der Waals surface area contributed by atoms with Crippen LogP contribution in [-0.4, -0.2) is 30.4 Å². The second kappa shape index (κ2) is 7.90. The van der Waals surface area contributed by atoms with Gasteiger partial charge in [0.25, 0.3) is 0 Å². The van der Waals surface area contributed by atoms with Gasteiger partial charge in [0.1, 0.15) is 0 Å². The van der Waals surface area contributed by atoms with Gasteiger partial charge in [-0.3, -0.25) is 0 Å². The summed E-state index contributed by atoms with van der Waals surface area (Å²) in [7, 11) is 0. The Morgan fingerprint density at radius 3 is 2.45 bits per heavy atom. The third-order valence-electron chi connectivity index (χ3n) is 6.82. The smallest absolute Gasteiger partial charge is 0.381 e. The monoisotopic (exact) mass is 428 g/mol. The molecule has 164 valence electrons. The highest BCUT2D eigenvalue weighted by Crippen LogP contribution is 2.36. The minimum atomic E-state index is -4.35. The van der Waals surface area contributed by atoms with E-state index in [9.17, 15) is 13.2 Å². The second-order valence-corrected chi connectivity index (χ2v) is 8.86. The number of ether oxygens (including phenoxy) is 1. The topological polar surface area (TPSA) is 17.4 Å². The third-order valence-corrected chi connectivity index (χ3v) is 6.82. The predicted molar refractivity (Wildman–Crippen MR) is 117 cm³/mol. The molecule has 1 atom stereocenters. The molecular formula is C25H27F3N2O. The van der Waals surface area contributed by atoms with Crippen LogP contribution in [0.25, 0.3) is 16.6 Å². The Hall–Kier alpha value is -2.47. The van der Waals surface area contributed by atoms with Crippen molar-refractivity contribution < 1.29 is 17.9 Å². The minimum Gasteiger partial charge on any atom is -0.381 e. The number of benzene rings is 2. The number of halogens is 3. The predicted octanol–water partition coefficient (Wildman–Crippen LogP) is 6.22.